The van der Waals surface area contributed by atoms with E-state index in [4.69, 9.17) is 9.84 Å². The third kappa shape index (κ3) is 6.50. The van der Waals surface area contributed by atoms with Gasteiger partial charge in [0.15, 0.2) is 0 Å². The van der Waals surface area contributed by atoms with Crippen LogP contribution in [0.5, 0.6) is 11.5 Å². The number of benzene rings is 2. The van der Waals surface area contributed by atoms with Crippen molar-refractivity contribution in [1.29, 1.82) is 5.26 Å². The van der Waals surface area contributed by atoms with Gasteiger partial charge in [0.2, 0.25) is 0 Å². The van der Waals surface area contributed by atoms with Crippen molar-refractivity contribution in [2.75, 3.05) is 39.3 Å². The Morgan fingerprint density at radius 1 is 1.13 bits per heavy atom. The zero-order valence-corrected chi connectivity index (χ0v) is 27.2. The van der Waals surface area contributed by atoms with E-state index >= 15 is 4.39 Å². The number of carbonyl (C=O) groups excluding carboxylic acids is 1. The minimum atomic E-state index is -0.484. The summed E-state index contributed by atoms with van der Waals surface area (Å²) >= 11 is 2.41. The van der Waals surface area contributed by atoms with Gasteiger partial charge in [0.05, 0.1) is 0 Å². The van der Waals surface area contributed by atoms with Gasteiger partial charge in [-0.3, -0.25) is 0 Å². The second-order valence-electron chi connectivity index (χ2n) is 11.9. The van der Waals surface area contributed by atoms with Crippen molar-refractivity contribution in [1.82, 2.24) is 34.9 Å². The summed E-state index contributed by atoms with van der Waals surface area (Å²) in [6, 6.07) is 15.9. The summed E-state index contributed by atoms with van der Waals surface area (Å²) in [7, 11) is 0. The number of nitrogens with one attached hydrogen (secondary N) is 1. The summed E-state index contributed by atoms with van der Waals surface area (Å²) in [5.74, 6) is 0.212. The normalized spacial score (nSPS) is 18.2. The number of piperazine rings is 1. The SMILES string of the molecule is CC(C)(/C=C(/C#N)C(=O)N1CCC[C@H](n2nc(-c3ccc(Oc4ccccc4)cc3F)c3c([As])ncnc32)C1)N1CCNCC1. The van der Waals surface area contributed by atoms with Gasteiger partial charge in [-0.1, -0.05) is 0 Å². The molecule has 2 aliphatic rings. The number of ether oxygens (including phenoxy) is 1. The number of nitriles is 1. The number of piperidine rings is 1. The molecule has 1 atom stereocenters. The molecule has 12 heteroatoms. The molecule has 10 nitrogen and oxygen atoms in total. The predicted molar refractivity (Wildman–Crippen MR) is 170 cm³/mol. The maximum absolute atomic E-state index is 15.6. The fraction of sp³-hybridized carbons (Fsp3) is 0.364. The van der Waals surface area contributed by atoms with Crippen LogP contribution >= 0.6 is 0 Å². The Morgan fingerprint density at radius 2 is 1.91 bits per heavy atom. The summed E-state index contributed by atoms with van der Waals surface area (Å²) in [6.07, 6.45) is 4.74. The predicted octanol–water partition coefficient (Wildman–Crippen LogP) is 3.52. The third-order valence-electron chi connectivity index (χ3n) is 8.45. The Morgan fingerprint density at radius 3 is 2.64 bits per heavy atom. The van der Waals surface area contributed by atoms with Crippen molar-refractivity contribution >= 4 is 38.3 Å². The standard InChI is InChI=1S/C33H34AsFN8O2/c1-33(2,42-15-12-37-13-16-42)18-22(19-36)32(44)41-14-6-7-23(20-41)43-31-28(30(34)38-21-39-31)29(40-43)26-11-10-25(17-27(26)35)45-24-8-4-3-5-9-24/h3-5,8-11,17-18,21,23,37H,6-7,12-16,20H2,1-2H3/b22-18-/t23-/m0/s1. The smallest absolute Gasteiger partial charge is 0.314 e. The first kappa shape index (κ1) is 30.9. The van der Waals surface area contributed by atoms with Crippen molar-refractivity contribution < 1.29 is 13.9 Å². The molecule has 230 valence electrons. The van der Waals surface area contributed by atoms with Crippen molar-refractivity contribution in [3.8, 4) is 28.8 Å². The van der Waals surface area contributed by atoms with E-state index in [0.717, 1.165) is 39.0 Å². The summed E-state index contributed by atoms with van der Waals surface area (Å²) in [6.45, 7) is 8.42. The van der Waals surface area contributed by atoms with E-state index < -0.39 is 11.4 Å². The second kappa shape index (κ2) is 13.1. The fourth-order valence-electron chi connectivity index (χ4n) is 6.11. The summed E-state index contributed by atoms with van der Waals surface area (Å²) < 4.78 is 23.9. The van der Waals surface area contributed by atoms with Crippen LogP contribution in [0, 0.1) is 17.1 Å². The molecular formula is C33H34AsFN8O2. The molecule has 2 fully saturated rings. The van der Waals surface area contributed by atoms with Crippen molar-refractivity contribution in [2.24, 2.45) is 0 Å². The van der Waals surface area contributed by atoms with Gasteiger partial charge in [-0.15, -0.1) is 0 Å². The molecule has 1 amide bonds. The first-order chi connectivity index (χ1) is 21.7. The van der Waals surface area contributed by atoms with Crippen LogP contribution in [0.1, 0.15) is 32.7 Å². The van der Waals surface area contributed by atoms with Crippen LogP contribution in [0.3, 0.4) is 0 Å². The van der Waals surface area contributed by atoms with Gasteiger partial charge < -0.3 is 5.32 Å². The number of rotatable bonds is 7. The molecule has 0 saturated carbocycles. The zero-order chi connectivity index (χ0) is 31.6. The van der Waals surface area contributed by atoms with Gasteiger partial charge in [-0.25, -0.2) is 0 Å². The first-order valence-electron chi connectivity index (χ1n) is 15.1. The molecule has 4 aromatic rings. The molecule has 0 bridgehead atoms. The number of hydrogen-bond acceptors (Lipinski definition) is 8. The van der Waals surface area contributed by atoms with E-state index in [1.165, 1.54) is 12.4 Å². The minimum absolute atomic E-state index is 0.139. The van der Waals surface area contributed by atoms with Crippen LogP contribution in [0.25, 0.3) is 22.3 Å². The topological polar surface area (TPSA) is 112 Å². The van der Waals surface area contributed by atoms with Gasteiger partial charge in [-0.05, 0) is 0 Å². The van der Waals surface area contributed by atoms with Crippen LogP contribution in [-0.2, 0) is 4.79 Å². The number of likely N-dealkylation sites (tertiary alicyclic amines) is 1. The molecule has 45 heavy (non-hydrogen) atoms. The zero-order valence-electron chi connectivity index (χ0n) is 25.3. The Hall–Kier alpha value is -4.10. The van der Waals surface area contributed by atoms with E-state index in [9.17, 15) is 10.1 Å². The molecule has 1 N–H and O–H groups in total. The quantitative estimate of drug-likeness (QED) is 0.181. The van der Waals surface area contributed by atoms with Crippen molar-refractivity contribution in [3.05, 3.63) is 72.3 Å². The van der Waals surface area contributed by atoms with Crippen LogP contribution in [-0.4, -0.2) is 97.1 Å². The van der Waals surface area contributed by atoms with E-state index in [2.05, 4.69) is 43.1 Å². The summed E-state index contributed by atoms with van der Waals surface area (Å²) in [5.41, 5.74) is 0.984. The molecule has 6 rings (SSSR count). The number of carbonyl (C=O) groups is 1. The number of nitrogens with zero attached hydrogens (tertiary/aromatic N) is 7. The van der Waals surface area contributed by atoms with E-state index in [1.807, 2.05) is 32.0 Å². The number of halogens is 1. The van der Waals surface area contributed by atoms with Crippen LogP contribution in [0.2, 0.25) is 0 Å². The summed E-state index contributed by atoms with van der Waals surface area (Å²) in [4.78, 5) is 26.6. The molecule has 2 aromatic heterocycles. The first-order valence-corrected chi connectivity index (χ1v) is 16.0. The Bertz CT molecular complexity index is 1780. The number of para-hydroxylation sites is 1. The van der Waals surface area contributed by atoms with Gasteiger partial charge in [0, 0.05) is 26.2 Å². The van der Waals surface area contributed by atoms with Crippen LogP contribution in [0.4, 0.5) is 4.39 Å². The van der Waals surface area contributed by atoms with E-state index in [1.54, 1.807) is 39.9 Å². The summed E-state index contributed by atoms with van der Waals surface area (Å²) in [5, 5.41) is 18.9. The third-order valence-corrected chi connectivity index (χ3v) is 9.16. The van der Waals surface area contributed by atoms with Crippen LogP contribution < -0.4 is 14.5 Å². The number of hydrogen-bond donors (Lipinski definition) is 1. The monoisotopic (exact) mass is 668 g/mol. The maximum atomic E-state index is 15.6. The van der Waals surface area contributed by atoms with Gasteiger partial charge in [0.1, 0.15) is 0 Å². The number of amides is 1. The molecule has 4 heterocycles. The van der Waals surface area contributed by atoms with Gasteiger partial charge >= 0.3 is 240 Å². The fourth-order valence-corrected chi connectivity index (χ4v) is 6.65. The molecule has 2 saturated heterocycles. The Labute approximate surface area is 270 Å². The van der Waals surface area contributed by atoms with E-state index in [-0.39, 0.29) is 17.5 Å². The molecule has 2 radical (unpaired) electrons. The average Bonchev–Trinajstić information content (AvgIpc) is 3.45. The molecule has 2 aromatic carbocycles. The molecule has 2 aliphatic heterocycles. The average molecular weight is 669 g/mol. The molecule has 0 aliphatic carbocycles. The Kier molecular flexibility index (Phi) is 8.99. The molecule has 0 spiro atoms. The molecule has 0 unspecified atom stereocenters. The van der Waals surface area contributed by atoms with Crippen molar-refractivity contribution in [2.45, 2.75) is 38.3 Å². The van der Waals surface area contributed by atoms with Gasteiger partial charge in [-0.2, -0.15) is 0 Å². The number of fused-ring (bicyclic) bond motifs is 1. The Balaban J connectivity index is 1.28. The van der Waals surface area contributed by atoms with Crippen LogP contribution in [0.15, 0.2) is 66.5 Å². The van der Waals surface area contributed by atoms with Crippen molar-refractivity contribution in [3.63, 3.8) is 0 Å². The molecular weight excluding hydrogens is 634 g/mol. The van der Waals surface area contributed by atoms with E-state index in [0.29, 0.717) is 51.4 Å². The number of aromatic nitrogens is 4. The second-order valence-corrected chi connectivity index (χ2v) is 12.7. The van der Waals surface area contributed by atoms with Gasteiger partial charge in [0.25, 0.3) is 0 Å². The minimum Gasteiger partial charge on any atom is -0.314 e.